The molecule has 0 spiro atoms. The van der Waals surface area contributed by atoms with E-state index in [9.17, 15) is 4.79 Å². The highest BCUT2D eigenvalue weighted by Gasteiger charge is 2.10. The lowest BCUT2D eigenvalue weighted by Gasteiger charge is -2.06. The van der Waals surface area contributed by atoms with Crippen LogP contribution in [0.25, 0.3) is 6.08 Å². The maximum absolute atomic E-state index is 11.7. The van der Waals surface area contributed by atoms with Crippen LogP contribution in [0, 0.1) is 0 Å². The second-order valence-electron chi connectivity index (χ2n) is 3.60. The van der Waals surface area contributed by atoms with Crippen molar-refractivity contribution < 1.29 is 19.0 Å². The average Bonchev–Trinajstić information content (AvgIpc) is 2.39. The fraction of sp³-hybridized carbons (Fsp3) is 0.357. The molecule has 1 aromatic rings. The fourth-order valence-electron chi connectivity index (χ4n) is 1.44. The van der Waals surface area contributed by atoms with Gasteiger partial charge in [0.2, 0.25) is 0 Å². The number of hydrogen-bond acceptors (Lipinski definition) is 4. The summed E-state index contributed by atoms with van der Waals surface area (Å²) in [6, 6.07) is 7.41. The van der Waals surface area contributed by atoms with E-state index >= 15 is 0 Å². The molecular weight excluding hydrogens is 232 g/mol. The fourth-order valence-corrected chi connectivity index (χ4v) is 1.44. The van der Waals surface area contributed by atoms with Crippen molar-refractivity contribution in [1.29, 1.82) is 0 Å². The third-order valence-corrected chi connectivity index (χ3v) is 2.29. The Labute approximate surface area is 107 Å². The largest absolute Gasteiger partial charge is 0.497 e. The van der Waals surface area contributed by atoms with E-state index in [0.717, 1.165) is 11.3 Å². The van der Waals surface area contributed by atoms with Crippen LogP contribution in [-0.4, -0.2) is 33.4 Å². The summed E-state index contributed by atoms with van der Waals surface area (Å²) in [6.07, 6.45) is 1.75. The Morgan fingerprint density at radius 3 is 2.39 bits per heavy atom. The Balaban J connectivity index is 2.88. The Hall–Kier alpha value is -1.81. The van der Waals surface area contributed by atoms with E-state index in [-0.39, 0.29) is 12.6 Å². The van der Waals surface area contributed by atoms with E-state index in [1.165, 1.54) is 0 Å². The van der Waals surface area contributed by atoms with Crippen LogP contribution in [0.15, 0.2) is 29.8 Å². The van der Waals surface area contributed by atoms with Gasteiger partial charge in [-0.05, 0) is 30.7 Å². The SMILES string of the molecule is CCOC(=O)/C(=C/c1ccc(OC)cc1)COC. The van der Waals surface area contributed by atoms with Crippen molar-refractivity contribution >= 4 is 12.0 Å². The molecule has 0 aliphatic carbocycles. The monoisotopic (exact) mass is 250 g/mol. The molecule has 0 fully saturated rings. The molecule has 0 N–H and O–H groups in total. The average molecular weight is 250 g/mol. The molecule has 18 heavy (non-hydrogen) atoms. The number of benzene rings is 1. The second kappa shape index (κ2) is 7.50. The third kappa shape index (κ3) is 4.22. The van der Waals surface area contributed by atoms with Gasteiger partial charge in [-0.15, -0.1) is 0 Å². The van der Waals surface area contributed by atoms with Crippen LogP contribution < -0.4 is 4.74 Å². The zero-order valence-electron chi connectivity index (χ0n) is 10.9. The van der Waals surface area contributed by atoms with E-state index in [2.05, 4.69) is 0 Å². The standard InChI is InChI=1S/C14H18O4/c1-4-18-14(15)12(10-16-2)9-11-5-7-13(17-3)8-6-11/h5-9H,4,10H2,1-3H3/b12-9+. The van der Waals surface area contributed by atoms with Gasteiger partial charge in [0.25, 0.3) is 0 Å². The van der Waals surface area contributed by atoms with E-state index in [4.69, 9.17) is 14.2 Å². The summed E-state index contributed by atoms with van der Waals surface area (Å²) in [5.74, 6) is 0.423. The summed E-state index contributed by atoms with van der Waals surface area (Å²) in [5.41, 5.74) is 1.39. The minimum absolute atomic E-state index is 0.227. The molecule has 4 heteroatoms. The summed E-state index contributed by atoms with van der Waals surface area (Å²) in [7, 11) is 3.15. The van der Waals surface area contributed by atoms with Crippen LogP contribution in [0.4, 0.5) is 0 Å². The number of methoxy groups -OCH3 is 2. The highest BCUT2D eigenvalue weighted by atomic mass is 16.5. The zero-order valence-corrected chi connectivity index (χ0v) is 10.9. The minimum Gasteiger partial charge on any atom is -0.497 e. The number of hydrogen-bond donors (Lipinski definition) is 0. The van der Waals surface area contributed by atoms with Crippen molar-refractivity contribution in [2.24, 2.45) is 0 Å². The predicted molar refractivity (Wildman–Crippen MR) is 69.5 cm³/mol. The van der Waals surface area contributed by atoms with Gasteiger partial charge in [0.05, 0.1) is 25.9 Å². The number of carbonyl (C=O) groups excluding carboxylic acids is 1. The van der Waals surface area contributed by atoms with Crippen LogP contribution in [0.1, 0.15) is 12.5 Å². The molecule has 0 amide bonds. The van der Waals surface area contributed by atoms with E-state index in [1.807, 2.05) is 24.3 Å². The molecule has 0 bridgehead atoms. The van der Waals surface area contributed by atoms with Crippen molar-refractivity contribution in [2.75, 3.05) is 27.4 Å². The topological polar surface area (TPSA) is 44.8 Å². The van der Waals surface area contributed by atoms with Gasteiger partial charge < -0.3 is 14.2 Å². The predicted octanol–water partition coefficient (Wildman–Crippen LogP) is 2.29. The van der Waals surface area contributed by atoms with Crippen molar-refractivity contribution in [2.45, 2.75) is 6.92 Å². The summed E-state index contributed by atoms with van der Waals surface area (Å²) in [6.45, 7) is 2.35. The molecule has 0 heterocycles. The van der Waals surface area contributed by atoms with E-state index in [0.29, 0.717) is 12.2 Å². The van der Waals surface area contributed by atoms with Gasteiger partial charge in [-0.2, -0.15) is 0 Å². The Morgan fingerprint density at radius 1 is 1.22 bits per heavy atom. The number of esters is 1. The Kier molecular flexibility index (Phi) is 5.94. The van der Waals surface area contributed by atoms with Crippen molar-refractivity contribution in [3.8, 4) is 5.75 Å². The molecule has 0 saturated heterocycles. The van der Waals surface area contributed by atoms with Gasteiger partial charge in [-0.1, -0.05) is 12.1 Å². The van der Waals surface area contributed by atoms with Gasteiger partial charge in [-0.25, -0.2) is 4.79 Å². The second-order valence-corrected chi connectivity index (χ2v) is 3.60. The summed E-state index contributed by atoms with van der Waals surface area (Å²) in [4.78, 5) is 11.7. The van der Waals surface area contributed by atoms with Gasteiger partial charge >= 0.3 is 5.97 Å². The highest BCUT2D eigenvalue weighted by Crippen LogP contribution is 2.14. The first-order valence-corrected chi connectivity index (χ1v) is 5.72. The van der Waals surface area contributed by atoms with Gasteiger partial charge in [0.15, 0.2) is 0 Å². The highest BCUT2D eigenvalue weighted by molar-refractivity contribution is 5.94. The molecule has 4 nitrogen and oxygen atoms in total. The Bertz CT molecular complexity index is 406. The van der Waals surface area contributed by atoms with E-state index < -0.39 is 0 Å². The van der Waals surface area contributed by atoms with Gasteiger partial charge in [0, 0.05) is 7.11 Å². The molecule has 0 aromatic heterocycles. The van der Waals surface area contributed by atoms with Crippen molar-refractivity contribution in [3.63, 3.8) is 0 Å². The van der Waals surface area contributed by atoms with Crippen LogP contribution in [0.2, 0.25) is 0 Å². The maximum Gasteiger partial charge on any atom is 0.336 e. The molecule has 0 aliphatic heterocycles. The first-order valence-electron chi connectivity index (χ1n) is 5.72. The summed E-state index contributed by atoms with van der Waals surface area (Å²) < 4.78 is 15.0. The lowest BCUT2D eigenvalue weighted by molar-refractivity contribution is -0.139. The molecular formula is C14H18O4. The molecule has 0 saturated carbocycles. The summed E-state index contributed by atoms with van der Waals surface area (Å²) >= 11 is 0. The minimum atomic E-state index is -0.352. The smallest absolute Gasteiger partial charge is 0.336 e. The van der Waals surface area contributed by atoms with Crippen LogP contribution in [0.3, 0.4) is 0 Å². The molecule has 98 valence electrons. The molecule has 0 unspecified atom stereocenters. The summed E-state index contributed by atoms with van der Waals surface area (Å²) in [5, 5.41) is 0. The maximum atomic E-state index is 11.7. The van der Waals surface area contributed by atoms with Crippen molar-refractivity contribution in [3.05, 3.63) is 35.4 Å². The zero-order chi connectivity index (χ0) is 13.4. The number of ether oxygens (including phenoxy) is 3. The quantitative estimate of drug-likeness (QED) is 0.574. The normalized spacial score (nSPS) is 11.2. The third-order valence-electron chi connectivity index (χ3n) is 2.29. The van der Waals surface area contributed by atoms with Crippen LogP contribution >= 0.6 is 0 Å². The molecule has 0 aliphatic rings. The van der Waals surface area contributed by atoms with Gasteiger partial charge in [-0.3, -0.25) is 0 Å². The molecule has 0 radical (unpaired) electrons. The lowest BCUT2D eigenvalue weighted by atomic mass is 10.1. The first-order chi connectivity index (χ1) is 8.71. The van der Waals surface area contributed by atoms with Gasteiger partial charge in [0.1, 0.15) is 5.75 Å². The van der Waals surface area contributed by atoms with Crippen molar-refractivity contribution in [1.82, 2.24) is 0 Å². The Morgan fingerprint density at radius 2 is 1.89 bits per heavy atom. The van der Waals surface area contributed by atoms with Crippen LogP contribution in [-0.2, 0) is 14.3 Å². The lowest BCUT2D eigenvalue weighted by Crippen LogP contribution is -2.11. The number of rotatable bonds is 6. The molecule has 0 atom stereocenters. The van der Waals surface area contributed by atoms with E-state index in [1.54, 1.807) is 27.2 Å². The molecule has 1 rings (SSSR count). The molecule has 1 aromatic carbocycles. The first kappa shape index (κ1) is 14.3. The van der Waals surface area contributed by atoms with Crippen LogP contribution in [0.5, 0.6) is 5.75 Å². The number of carbonyl (C=O) groups is 1.